The van der Waals surface area contributed by atoms with Crippen LogP contribution in [-0.4, -0.2) is 60.2 Å². The molecule has 1 amide bonds. The van der Waals surface area contributed by atoms with Crippen molar-refractivity contribution in [2.75, 3.05) is 34.5 Å². The molecule has 0 atom stereocenters. The van der Waals surface area contributed by atoms with Crippen molar-refractivity contribution in [2.24, 2.45) is 0 Å². The van der Waals surface area contributed by atoms with Gasteiger partial charge in [-0.05, 0) is 18.5 Å². The Bertz CT molecular complexity index is 546. The van der Waals surface area contributed by atoms with Crippen molar-refractivity contribution >= 4 is 20.0 Å². The van der Waals surface area contributed by atoms with Gasteiger partial charge in [-0.25, -0.2) is 4.79 Å². The molecular weight excluding hydrogens is 342 g/mol. The average molecular weight is 372 g/mol. The number of carbonyl (C=O) groups is 2. The van der Waals surface area contributed by atoms with Gasteiger partial charge in [-0.15, -0.1) is 0 Å². The lowest BCUT2D eigenvalue weighted by molar-refractivity contribution is -0.167. The zero-order valence-electron chi connectivity index (χ0n) is 15.9. The predicted octanol–water partition coefficient (Wildman–Crippen LogP) is 2.47. The zero-order chi connectivity index (χ0) is 19.1. The summed E-state index contributed by atoms with van der Waals surface area (Å²) in [6.45, 7) is 7.35. The second kappa shape index (κ2) is 9.16. The predicted molar refractivity (Wildman–Crippen MR) is 97.1 cm³/mol. The number of carbonyl (C=O) groups excluding carboxylic acids is 2. The van der Waals surface area contributed by atoms with E-state index in [-0.39, 0.29) is 18.1 Å². The lowest BCUT2D eigenvalue weighted by atomic mass is 9.96. The van der Waals surface area contributed by atoms with E-state index in [2.05, 4.69) is 25.0 Å². The summed E-state index contributed by atoms with van der Waals surface area (Å²) in [6, 6.07) is 0.916. The summed E-state index contributed by atoms with van der Waals surface area (Å²) in [6.07, 6.45) is 2.78. The molecule has 0 unspecified atom stereocenters. The van der Waals surface area contributed by atoms with Crippen molar-refractivity contribution in [3.8, 4) is 0 Å². The van der Waals surface area contributed by atoms with E-state index in [9.17, 15) is 9.59 Å². The minimum Gasteiger partial charge on any atom is -0.495 e. The van der Waals surface area contributed by atoms with Crippen molar-refractivity contribution in [3.63, 3.8) is 0 Å². The third-order valence-electron chi connectivity index (χ3n) is 3.86. The molecule has 0 heterocycles. The number of ether oxygens (including phenoxy) is 4. The minimum atomic E-state index is -1.23. The van der Waals surface area contributed by atoms with Crippen LogP contribution in [0.5, 0.6) is 0 Å². The summed E-state index contributed by atoms with van der Waals surface area (Å²) in [7, 11) is 3.15. The molecule has 1 N–H and O–H groups in total. The maximum absolute atomic E-state index is 12.2. The zero-order valence-corrected chi connectivity index (χ0v) is 16.9. The largest absolute Gasteiger partial charge is 0.495 e. The normalized spacial score (nSPS) is 16.8. The van der Waals surface area contributed by atoms with Crippen LogP contribution in [0.15, 0.2) is 23.5 Å². The Labute approximate surface area is 150 Å². The van der Waals surface area contributed by atoms with Gasteiger partial charge in [-0.1, -0.05) is 19.6 Å². The fraction of sp³-hybridized carbons (Fsp3) is 0.647. The molecular formula is C17H29NO6Si. The van der Waals surface area contributed by atoms with E-state index in [1.807, 2.05) is 0 Å². The minimum absolute atomic E-state index is 0.199. The van der Waals surface area contributed by atoms with Crippen molar-refractivity contribution in [1.82, 2.24) is 5.32 Å². The van der Waals surface area contributed by atoms with Crippen molar-refractivity contribution in [2.45, 2.75) is 37.9 Å². The first-order chi connectivity index (χ1) is 11.7. The quantitative estimate of drug-likeness (QED) is 0.495. The molecule has 0 radical (unpaired) electrons. The van der Waals surface area contributed by atoms with Gasteiger partial charge in [0.05, 0.1) is 13.7 Å². The summed E-state index contributed by atoms with van der Waals surface area (Å²) in [5.74, 6) is -1.14. The third-order valence-corrected chi connectivity index (χ3v) is 5.57. The van der Waals surface area contributed by atoms with Crippen LogP contribution in [-0.2, 0) is 23.7 Å². The molecule has 0 saturated heterocycles. The van der Waals surface area contributed by atoms with E-state index < -0.39 is 20.0 Å². The number of hydrogen-bond acceptors (Lipinski definition) is 6. The van der Waals surface area contributed by atoms with Gasteiger partial charge in [0, 0.05) is 40.5 Å². The fourth-order valence-electron chi connectivity index (χ4n) is 2.28. The van der Waals surface area contributed by atoms with E-state index in [1.54, 1.807) is 6.08 Å². The van der Waals surface area contributed by atoms with Gasteiger partial charge in [-0.3, -0.25) is 4.79 Å². The van der Waals surface area contributed by atoms with Crippen LogP contribution < -0.4 is 5.32 Å². The summed E-state index contributed by atoms with van der Waals surface area (Å²) >= 11 is 0. The van der Waals surface area contributed by atoms with Gasteiger partial charge >= 0.3 is 6.09 Å². The van der Waals surface area contributed by atoms with Crippen LogP contribution in [0, 0.1) is 0 Å². The monoisotopic (exact) mass is 371 g/mol. The van der Waals surface area contributed by atoms with Crippen LogP contribution in [0.4, 0.5) is 4.79 Å². The topological polar surface area (TPSA) is 83.1 Å². The number of methoxy groups -OCH3 is 3. The highest BCUT2D eigenvalue weighted by Gasteiger charge is 2.38. The number of amides is 1. The second-order valence-electron chi connectivity index (χ2n) is 6.95. The van der Waals surface area contributed by atoms with Gasteiger partial charge in [-0.2, -0.15) is 0 Å². The van der Waals surface area contributed by atoms with Crippen LogP contribution in [0.1, 0.15) is 6.42 Å². The molecule has 25 heavy (non-hydrogen) atoms. The lowest BCUT2D eigenvalue weighted by Gasteiger charge is -2.32. The van der Waals surface area contributed by atoms with Crippen LogP contribution in [0.2, 0.25) is 25.7 Å². The first-order valence-corrected chi connectivity index (χ1v) is 11.9. The number of allylic oxidation sites excluding steroid dienone is 1. The van der Waals surface area contributed by atoms with E-state index in [4.69, 9.17) is 18.9 Å². The van der Waals surface area contributed by atoms with Gasteiger partial charge < -0.3 is 24.3 Å². The molecule has 1 aliphatic carbocycles. The third kappa shape index (κ3) is 6.30. The summed E-state index contributed by atoms with van der Waals surface area (Å²) in [4.78, 5) is 23.9. The van der Waals surface area contributed by atoms with E-state index in [1.165, 1.54) is 27.4 Å². The smallest absolute Gasteiger partial charge is 0.407 e. The molecule has 0 saturated carbocycles. The molecule has 0 bridgehead atoms. The maximum atomic E-state index is 12.2. The molecule has 1 aliphatic rings. The molecule has 0 aliphatic heterocycles. The van der Waals surface area contributed by atoms with Gasteiger partial charge in [0.2, 0.25) is 5.79 Å². The van der Waals surface area contributed by atoms with Crippen LogP contribution in [0.25, 0.3) is 0 Å². The average Bonchev–Trinajstić information content (AvgIpc) is 2.55. The van der Waals surface area contributed by atoms with Crippen LogP contribution in [0.3, 0.4) is 0 Å². The lowest BCUT2D eigenvalue weighted by Crippen LogP contribution is -2.38. The first-order valence-electron chi connectivity index (χ1n) is 8.20. The van der Waals surface area contributed by atoms with Gasteiger partial charge in [0.15, 0.2) is 11.5 Å². The molecule has 0 fully saturated rings. The Balaban J connectivity index is 2.55. The van der Waals surface area contributed by atoms with Crippen molar-refractivity contribution < 1.29 is 28.5 Å². The highest BCUT2D eigenvalue weighted by molar-refractivity contribution is 6.76. The summed E-state index contributed by atoms with van der Waals surface area (Å²) < 4.78 is 21.1. The Morgan fingerprint density at radius 3 is 2.36 bits per heavy atom. The number of hydrogen-bond donors (Lipinski definition) is 1. The molecule has 7 nitrogen and oxygen atoms in total. The Hall–Kier alpha value is -1.64. The summed E-state index contributed by atoms with van der Waals surface area (Å²) in [5.41, 5.74) is 0.479. The first kappa shape index (κ1) is 21.4. The van der Waals surface area contributed by atoms with Crippen LogP contribution >= 0.6 is 0 Å². The molecule has 8 heteroatoms. The number of ketones is 1. The molecule has 0 aromatic carbocycles. The summed E-state index contributed by atoms with van der Waals surface area (Å²) in [5, 5.41) is 2.65. The van der Waals surface area contributed by atoms with Gasteiger partial charge in [0.25, 0.3) is 0 Å². The standard InChI is InChI=1S/C17H29NO6Si/c1-21-15-11-14(19)13(12-17(15,22-2)23-3)7-8-18-16(20)24-9-10-25(4,5)6/h11-12H,7-10H2,1-6H3,(H,18,20). The van der Waals surface area contributed by atoms with Gasteiger partial charge in [0.1, 0.15) is 0 Å². The van der Waals surface area contributed by atoms with E-state index in [0.717, 1.165) is 6.04 Å². The molecule has 0 aromatic heterocycles. The molecule has 1 rings (SSSR count). The highest BCUT2D eigenvalue weighted by Crippen LogP contribution is 2.31. The SMILES string of the molecule is COC1=CC(=O)C(CCNC(=O)OCC[Si](C)(C)C)=CC1(OC)OC. The molecule has 0 spiro atoms. The van der Waals surface area contributed by atoms with Crippen molar-refractivity contribution in [1.29, 1.82) is 0 Å². The number of rotatable bonds is 9. The Morgan fingerprint density at radius 2 is 1.84 bits per heavy atom. The number of nitrogens with one attached hydrogen (secondary N) is 1. The second-order valence-corrected chi connectivity index (χ2v) is 12.6. The van der Waals surface area contributed by atoms with E-state index in [0.29, 0.717) is 18.6 Å². The Morgan fingerprint density at radius 1 is 1.20 bits per heavy atom. The molecule has 142 valence electrons. The molecule has 0 aromatic rings. The fourth-order valence-corrected chi connectivity index (χ4v) is 3.00. The van der Waals surface area contributed by atoms with E-state index >= 15 is 0 Å². The Kier molecular flexibility index (Phi) is 7.84. The highest BCUT2D eigenvalue weighted by atomic mass is 28.3. The van der Waals surface area contributed by atoms with Crippen molar-refractivity contribution in [3.05, 3.63) is 23.5 Å². The number of alkyl carbamates (subject to hydrolysis) is 1. The maximum Gasteiger partial charge on any atom is 0.407 e.